The largest absolute Gasteiger partial charge is 0.350 e. The van der Waals surface area contributed by atoms with E-state index in [0.29, 0.717) is 29.7 Å². The van der Waals surface area contributed by atoms with Crippen molar-refractivity contribution in [2.75, 3.05) is 10.6 Å². The van der Waals surface area contributed by atoms with Crippen molar-refractivity contribution < 1.29 is 4.39 Å². The van der Waals surface area contributed by atoms with Gasteiger partial charge in [0.1, 0.15) is 11.6 Å². The second-order valence-electron chi connectivity index (χ2n) is 6.11. The van der Waals surface area contributed by atoms with Crippen LogP contribution in [0.2, 0.25) is 5.02 Å². The van der Waals surface area contributed by atoms with Crippen molar-refractivity contribution in [2.24, 2.45) is 0 Å². The molecule has 10 heteroatoms. The summed E-state index contributed by atoms with van der Waals surface area (Å²) >= 11 is 5.83. The maximum atomic E-state index is 13.3. The van der Waals surface area contributed by atoms with Gasteiger partial charge in [-0.25, -0.2) is 9.37 Å². The average molecular weight is 395 g/mol. The third kappa shape index (κ3) is 2.81. The van der Waals surface area contributed by atoms with Crippen LogP contribution in [0.5, 0.6) is 0 Å². The molecule has 0 spiro atoms. The number of rotatable bonds is 3. The quantitative estimate of drug-likeness (QED) is 0.483. The summed E-state index contributed by atoms with van der Waals surface area (Å²) in [6, 6.07) is 12.2. The first kappa shape index (κ1) is 16.6. The van der Waals surface area contributed by atoms with Crippen LogP contribution in [-0.4, -0.2) is 30.2 Å². The molecule has 4 aromatic rings. The number of halogens is 2. The highest BCUT2D eigenvalue weighted by Crippen LogP contribution is 2.35. The Morgan fingerprint density at radius 1 is 1.18 bits per heavy atom. The summed E-state index contributed by atoms with van der Waals surface area (Å²) < 4.78 is 14.9. The molecule has 5 rings (SSSR count). The molecule has 0 radical (unpaired) electrons. The molecule has 1 aliphatic rings. The zero-order valence-electron chi connectivity index (χ0n) is 14.3. The van der Waals surface area contributed by atoms with E-state index in [1.54, 1.807) is 23.0 Å². The van der Waals surface area contributed by atoms with E-state index in [2.05, 4.69) is 36.1 Å². The van der Waals surface area contributed by atoms with E-state index < -0.39 is 5.82 Å². The molecule has 2 N–H and O–H groups in total. The Morgan fingerprint density at radius 3 is 2.96 bits per heavy atom. The molecule has 0 unspecified atom stereocenters. The number of anilines is 3. The van der Waals surface area contributed by atoms with E-state index in [1.165, 1.54) is 6.07 Å². The normalized spacial score (nSPS) is 11.6. The van der Waals surface area contributed by atoms with Crippen LogP contribution < -0.4 is 10.6 Å². The third-order valence-corrected chi connectivity index (χ3v) is 4.61. The minimum absolute atomic E-state index is 0.0762. The van der Waals surface area contributed by atoms with Gasteiger partial charge in [-0.05, 0) is 40.3 Å². The molecule has 28 heavy (non-hydrogen) atoms. The number of hydrogen-bond donors (Lipinski definition) is 2. The minimum Gasteiger partial charge on any atom is -0.350 e. The Balaban J connectivity index is 1.48. The number of nitrogens with zero attached hydrogens (tertiary/aromatic N) is 6. The number of nitrogens with one attached hydrogen (secondary N) is 2. The summed E-state index contributed by atoms with van der Waals surface area (Å²) in [7, 11) is 0. The van der Waals surface area contributed by atoms with Crippen LogP contribution in [-0.2, 0) is 6.54 Å². The number of hydrogen-bond acceptors (Lipinski definition) is 7. The van der Waals surface area contributed by atoms with E-state index in [0.717, 1.165) is 16.9 Å². The Morgan fingerprint density at radius 2 is 2.07 bits per heavy atom. The van der Waals surface area contributed by atoms with Gasteiger partial charge in [0.05, 0.1) is 22.0 Å². The first-order valence-electron chi connectivity index (χ1n) is 8.39. The van der Waals surface area contributed by atoms with Gasteiger partial charge in [-0.1, -0.05) is 29.8 Å². The molecule has 8 nitrogen and oxygen atoms in total. The van der Waals surface area contributed by atoms with Crippen molar-refractivity contribution in [3.63, 3.8) is 0 Å². The lowest BCUT2D eigenvalue weighted by Crippen LogP contribution is -2.06. The smallest absolute Gasteiger partial charge is 0.224 e. The number of fused-ring (bicyclic) bond motifs is 5. The predicted octanol–water partition coefficient (Wildman–Crippen LogP) is 3.58. The van der Waals surface area contributed by atoms with Gasteiger partial charge >= 0.3 is 0 Å². The monoisotopic (exact) mass is 394 g/mol. The first-order valence-corrected chi connectivity index (χ1v) is 8.77. The van der Waals surface area contributed by atoms with Gasteiger partial charge < -0.3 is 10.6 Å². The summed E-state index contributed by atoms with van der Waals surface area (Å²) in [5.74, 6) is 1.08. The Hall–Kier alpha value is -3.59. The van der Waals surface area contributed by atoms with E-state index in [4.69, 9.17) is 11.6 Å². The highest BCUT2D eigenvalue weighted by molar-refractivity contribution is 6.30. The number of aromatic nitrogens is 6. The third-order valence-electron chi connectivity index (χ3n) is 4.32. The van der Waals surface area contributed by atoms with E-state index >= 15 is 0 Å². The molecule has 0 saturated heterocycles. The van der Waals surface area contributed by atoms with E-state index in [9.17, 15) is 4.39 Å². The SMILES string of the molecule is Fc1ccc(CNc2ncc3c(n2)Nc2ccccc2-n2nnnc2-3)cc1Cl. The Kier molecular flexibility index (Phi) is 3.87. The van der Waals surface area contributed by atoms with Crippen LogP contribution in [0.25, 0.3) is 17.1 Å². The fraction of sp³-hybridized carbons (Fsp3) is 0.0556. The number of para-hydroxylation sites is 2. The van der Waals surface area contributed by atoms with Crippen LogP contribution in [0.1, 0.15) is 5.56 Å². The molecule has 138 valence electrons. The number of tetrazole rings is 1. The fourth-order valence-corrected chi connectivity index (χ4v) is 3.17. The van der Waals surface area contributed by atoms with Crippen LogP contribution in [0.3, 0.4) is 0 Å². The van der Waals surface area contributed by atoms with Crippen molar-refractivity contribution in [3.8, 4) is 17.1 Å². The summed E-state index contributed by atoms with van der Waals surface area (Å²) in [5, 5.41) is 18.5. The van der Waals surface area contributed by atoms with Gasteiger partial charge in [0.25, 0.3) is 0 Å². The average Bonchev–Trinajstić information content (AvgIpc) is 3.14. The molecule has 0 fully saturated rings. The summed E-state index contributed by atoms with van der Waals surface area (Å²) in [4.78, 5) is 8.91. The molecule has 0 aliphatic carbocycles. The summed E-state index contributed by atoms with van der Waals surface area (Å²) in [6.45, 7) is 0.396. The van der Waals surface area contributed by atoms with Crippen molar-refractivity contribution in [1.82, 2.24) is 30.2 Å². The maximum absolute atomic E-state index is 13.3. The van der Waals surface area contributed by atoms with Gasteiger partial charge in [-0.15, -0.1) is 5.10 Å². The van der Waals surface area contributed by atoms with Crippen LogP contribution in [0, 0.1) is 5.82 Å². The van der Waals surface area contributed by atoms with Gasteiger partial charge in [0.2, 0.25) is 5.95 Å². The molecular weight excluding hydrogens is 383 g/mol. The van der Waals surface area contributed by atoms with Gasteiger partial charge in [0, 0.05) is 12.7 Å². The molecule has 0 bridgehead atoms. The molecule has 1 aliphatic heterocycles. The standard InChI is InChI=1S/C18H12ClFN8/c19-12-7-10(5-6-13(12)20)8-21-18-22-9-11-16(24-18)23-14-3-1-2-4-15(14)28-17(11)25-26-27-28/h1-7,9H,8H2,(H2,21,22,23,24). The maximum Gasteiger partial charge on any atom is 0.224 e. The predicted molar refractivity (Wildman–Crippen MR) is 102 cm³/mol. The molecule has 0 atom stereocenters. The molecule has 2 aromatic heterocycles. The summed E-state index contributed by atoms with van der Waals surface area (Å²) in [5.41, 5.74) is 3.13. The fourth-order valence-electron chi connectivity index (χ4n) is 2.97. The molecule has 0 amide bonds. The lowest BCUT2D eigenvalue weighted by molar-refractivity contribution is 0.627. The second kappa shape index (κ2) is 6.54. The first-order chi connectivity index (χ1) is 13.7. The van der Waals surface area contributed by atoms with Crippen LogP contribution in [0.4, 0.5) is 21.8 Å². The molecule has 3 heterocycles. The van der Waals surface area contributed by atoms with Crippen molar-refractivity contribution >= 4 is 29.1 Å². The molecule has 2 aromatic carbocycles. The molecular formula is C18H12ClFN8. The zero-order chi connectivity index (χ0) is 19.1. The zero-order valence-corrected chi connectivity index (χ0v) is 15.0. The van der Waals surface area contributed by atoms with Crippen molar-refractivity contribution in [3.05, 3.63) is 65.1 Å². The Labute approximate surface area is 163 Å². The summed E-state index contributed by atoms with van der Waals surface area (Å²) in [6.07, 6.45) is 1.66. The highest BCUT2D eigenvalue weighted by atomic mass is 35.5. The van der Waals surface area contributed by atoms with Gasteiger partial charge in [-0.3, -0.25) is 0 Å². The minimum atomic E-state index is -0.452. The van der Waals surface area contributed by atoms with Crippen LogP contribution >= 0.6 is 11.6 Å². The van der Waals surface area contributed by atoms with Crippen LogP contribution in [0.15, 0.2) is 48.7 Å². The van der Waals surface area contributed by atoms with E-state index in [-0.39, 0.29) is 5.02 Å². The number of benzene rings is 2. The second-order valence-corrected chi connectivity index (χ2v) is 6.52. The Bertz CT molecular complexity index is 1190. The van der Waals surface area contributed by atoms with Gasteiger partial charge in [-0.2, -0.15) is 9.67 Å². The lowest BCUT2D eigenvalue weighted by atomic mass is 10.2. The van der Waals surface area contributed by atoms with Crippen molar-refractivity contribution in [2.45, 2.75) is 6.54 Å². The topological polar surface area (TPSA) is 93.4 Å². The highest BCUT2D eigenvalue weighted by Gasteiger charge is 2.23. The lowest BCUT2D eigenvalue weighted by Gasteiger charge is -2.10. The molecule has 0 saturated carbocycles. The van der Waals surface area contributed by atoms with Gasteiger partial charge in [0.15, 0.2) is 5.82 Å². The van der Waals surface area contributed by atoms with Crippen molar-refractivity contribution in [1.29, 1.82) is 0 Å². The van der Waals surface area contributed by atoms with E-state index in [1.807, 2.05) is 24.3 Å².